The zero-order valence-corrected chi connectivity index (χ0v) is 16.3. The molecule has 1 atom stereocenters. The van der Waals surface area contributed by atoms with Gasteiger partial charge in [0.25, 0.3) is 0 Å². The molecule has 0 bridgehead atoms. The summed E-state index contributed by atoms with van der Waals surface area (Å²) in [6, 6.07) is 7.04. The van der Waals surface area contributed by atoms with Crippen molar-refractivity contribution in [3.63, 3.8) is 0 Å². The van der Waals surface area contributed by atoms with Crippen LogP contribution < -0.4 is 5.32 Å². The molecule has 1 N–H and O–H groups in total. The van der Waals surface area contributed by atoms with Crippen molar-refractivity contribution in [2.24, 2.45) is 7.05 Å². The van der Waals surface area contributed by atoms with Crippen LogP contribution >= 0.6 is 0 Å². The number of hydrogen-bond acceptors (Lipinski definition) is 4. The summed E-state index contributed by atoms with van der Waals surface area (Å²) in [6.07, 6.45) is 6.29. The minimum atomic E-state index is 0.250. The maximum absolute atomic E-state index is 12.3. The number of benzene rings is 1. The Morgan fingerprint density at radius 2 is 2.19 bits per heavy atom. The highest BCUT2D eigenvalue weighted by molar-refractivity contribution is 5.79. The largest absolute Gasteiger partial charge is 0.336 e. The van der Waals surface area contributed by atoms with Crippen LogP contribution in [0, 0.1) is 6.92 Å². The Kier molecular flexibility index (Phi) is 5.27. The standard InChI is InChI=1S/C21H29N5O/c1-16-5-6-17(20(10-16)18-11-23-24(2)13-18)14-25-8-3-4-19(15-25)26-9-7-22-12-21(26)27/h5-6,10-11,13,19,22H,3-4,7-9,12,14-15H2,1-2H3. The number of nitrogens with zero attached hydrogens (tertiary/aromatic N) is 4. The average molecular weight is 367 g/mol. The Morgan fingerprint density at radius 1 is 1.30 bits per heavy atom. The Bertz CT molecular complexity index is 815. The number of hydrogen-bond donors (Lipinski definition) is 1. The van der Waals surface area contributed by atoms with Crippen LogP contribution in [0.3, 0.4) is 0 Å². The highest BCUT2D eigenvalue weighted by Gasteiger charge is 2.30. The van der Waals surface area contributed by atoms with Crippen molar-refractivity contribution in [2.45, 2.75) is 32.4 Å². The van der Waals surface area contributed by atoms with E-state index in [0.717, 1.165) is 45.6 Å². The average Bonchev–Trinajstić information content (AvgIpc) is 3.10. The van der Waals surface area contributed by atoms with E-state index in [4.69, 9.17) is 0 Å². The van der Waals surface area contributed by atoms with E-state index in [1.807, 2.05) is 17.9 Å². The van der Waals surface area contributed by atoms with Gasteiger partial charge in [-0.1, -0.05) is 23.8 Å². The lowest BCUT2D eigenvalue weighted by Crippen LogP contribution is -2.56. The fourth-order valence-corrected chi connectivity index (χ4v) is 4.33. The molecule has 2 saturated heterocycles. The van der Waals surface area contributed by atoms with Gasteiger partial charge in [-0.3, -0.25) is 14.4 Å². The molecule has 6 nitrogen and oxygen atoms in total. The summed E-state index contributed by atoms with van der Waals surface area (Å²) >= 11 is 0. The van der Waals surface area contributed by atoms with E-state index in [9.17, 15) is 4.79 Å². The van der Waals surface area contributed by atoms with Crippen molar-refractivity contribution < 1.29 is 4.79 Å². The minimum absolute atomic E-state index is 0.250. The first-order chi connectivity index (χ1) is 13.1. The highest BCUT2D eigenvalue weighted by Crippen LogP contribution is 2.27. The number of carbonyl (C=O) groups excluding carboxylic acids is 1. The van der Waals surface area contributed by atoms with Crippen molar-refractivity contribution in [1.29, 1.82) is 0 Å². The van der Waals surface area contributed by atoms with Crippen molar-refractivity contribution >= 4 is 5.91 Å². The van der Waals surface area contributed by atoms with Gasteiger partial charge in [0.1, 0.15) is 0 Å². The second-order valence-electron chi connectivity index (χ2n) is 7.86. The van der Waals surface area contributed by atoms with Crippen LogP contribution in [0.2, 0.25) is 0 Å². The SMILES string of the molecule is Cc1ccc(CN2CCCC(N3CCNCC3=O)C2)c(-c2cnn(C)c2)c1. The number of carbonyl (C=O) groups is 1. The normalized spacial score (nSPS) is 21.6. The zero-order valence-electron chi connectivity index (χ0n) is 16.3. The van der Waals surface area contributed by atoms with Crippen LogP contribution in [0.25, 0.3) is 11.1 Å². The summed E-state index contributed by atoms with van der Waals surface area (Å²) in [5.41, 5.74) is 5.03. The first kappa shape index (κ1) is 18.2. The van der Waals surface area contributed by atoms with Crippen LogP contribution in [0.4, 0.5) is 0 Å². The van der Waals surface area contributed by atoms with Crippen molar-refractivity contribution in [1.82, 2.24) is 24.9 Å². The predicted molar refractivity (Wildman–Crippen MR) is 106 cm³/mol. The zero-order chi connectivity index (χ0) is 18.8. The van der Waals surface area contributed by atoms with E-state index in [0.29, 0.717) is 12.6 Å². The number of piperazine rings is 1. The Balaban J connectivity index is 1.51. The minimum Gasteiger partial charge on any atom is -0.336 e. The Labute approximate surface area is 161 Å². The third-order valence-electron chi connectivity index (χ3n) is 5.72. The van der Waals surface area contributed by atoms with Crippen LogP contribution in [0.1, 0.15) is 24.0 Å². The number of rotatable bonds is 4. The summed E-state index contributed by atoms with van der Waals surface area (Å²) in [5, 5.41) is 7.52. The molecule has 0 saturated carbocycles. The third kappa shape index (κ3) is 4.06. The maximum atomic E-state index is 12.3. The lowest BCUT2D eigenvalue weighted by atomic mass is 9.97. The van der Waals surface area contributed by atoms with E-state index in [1.54, 1.807) is 0 Å². The molecule has 0 spiro atoms. The quantitative estimate of drug-likeness (QED) is 0.895. The molecule has 2 aromatic rings. The van der Waals surface area contributed by atoms with Crippen molar-refractivity contribution in [3.8, 4) is 11.1 Å². The number of aryl methyl sites for hydroxylation is 2. The Morgan fingerprint density at radius 3 is 2.96 bits per heavy atom. The maximum Gasteiger partial charge on any atom is 0.236 e. The molecule has 6 heteroatoms. The van der Waals surface area contributed by atoms with Crippen molar-refractivity contribution in [2.75, 3.05) is 32.7 Å². The summed E-state index contributed by atoms with van der Waals surface area (Å²) in [4.78, 5) is 16.9. The van der Waals surface area contributed by atoms with Crippen LogP contribution in [-0.4, -0.2) is 64.3 Å². The molecule has 1 unspecified atom stereocenters. The van der Waals surface area contributed by atoms with E-state index in [2.05, 4.69) is 51.5 Å². The number of nitrogens with one attached hydrogen (secondary N) is 1. The third-order valence-corrected chi connectivity index (χ3v) is 5.72. The molecule has 1 aromatic heterocycles. The molecule has 144 valence electrons. The molecule has 2 fully saturated rings. The second-order valence-corrected chi connectivity index (χ2v) is 7.86. The summed E-state index contributed by atoms with van der Waals surface area (Å²) in [7, 11) is 1.96. The number of likely N-dealkylation sites (tertiary alicyclic amines) is 1. The first-order valence-electron chi connectivity index (χ1n) is 9.91. The van der Waals surface area contributed by atoms with Gasteiger partial charge in [-0.05, 0) is 37.4 Å². The molecule has 1 aromatic carbocycles. The Hall–Kier alpha value is -2.18. The van der Waals surface area contributed by atoms with Gasteiger partial charge in [0.05, 0.1) is 12.7 Å². The molecule has 4 rings (SSSR count). The molecule has 27 heavy (non-hydrogen) atoms. The van der Waals surface area contributed by atoms with Gasteiger partial charge < -0.3 is 10.2 Å². The van der Waals surface area contributed by atoms with E-state index < -0.39 is 0 Å². The molecule has 1 amide bonds. The highest BCUT2D eigenvalue weighted by atomic mass is 16.2. The van der Waals surface area contributed by atoms with Crippen LogP contribution in [0.15, 0.2) is 30.6 Å². The van der Waals surface area contributed by atoms with E-state index in [1.165, 1.54) is 22.3 Å². The van der Waals surface area contributed by atoms with Crippen LogP contribution in [-0.2, 0) is 18.4 Å². The monoisotopic (exact) mass is 367 g/mol. The first-order valence-corrected chi connectivity index (χ1v) is 9.91. The molecule has 3 heterocycles. The lowest BCUT2D eigenvalue weighted by molar-refractivity contribution is -0.135. The summed E-state index contributed by atoms with van der Waals surface area (Å²) in [6.45, 7) is 7.34. The van der Waals surface area contributed by atoms with Gasteiger partial charge in [-0.25, -0.2) is 0 Å². The molecule has 0 radical (unpaired) electrons. The molecular formula is C21H29N5O. The summed E-state index contributed by atoms with van der Waals surface area (Å²) < 4.78 is 1.86. The molecule has 0 aliphatic carbocycles. The predicted octanol–water partition coefficient (Wildman–Crippen LogP) is 1.79. The smallest absolute Gasteiger partial charge is 0.236 e. The van der Waals surface area contributed by atoms with E-state index in [-0.39, 0.29) is 5.91 Å². The number of piperidine rings is 1. The van der Waals surface area contributed by atoms with Gasteiger partial charge in [-0.2, -0.15) is 5.10 Å². The molecular weight excluding hydrogens is 338 g/mol. The van der Waals surface area contributed by atoms with Gasteiger partial charge >= 0.3 is 0 Å². The lowest BCUT2D eigenvalue weighted by Gasteiger charge is -2.41. The topological polar surface area (TPSA) is 53.4 Å². The van der Waals surface area contributed by atoms with Gasteiger partial charge in [0, 0.05) is 51.0 Å². The van der Waals surface area contributed by atoms with Crippen LogP contribution in [0.5, 0.6) is 0 Å². The van der Waals surface area contributed by atoms with E-state index >= 15 is 0 Å². The van der Waals surface area contributed by atoms with Gasteiger partial charge in [0.15, 0.2) is 0 Å². The van der Waals surface area contributed by atoms with Gasteiger partial charge in [-0.15, -0.1) is 0 Å². The molecule has 2 aliphatic rings. The number of amides is 1. The molecule has 2 aliphatic heterocycles. The van der Waals surface area contributed by atoms with Gasteiger partial charge in [0.2, 0.25) is 5.91 Å². The van der Waals surface area contributed by atoms with Crippen molar-refractivity contribution in [3.05, 3.63) is 41.7 Å². The summed E-state index contributed by atoms with van der Waals surface area (Å²) in [5.74, 6) is 0.250. The number of aromatic nitrogens is 2. The fraction of sp³-hybridized carbons (Fsp3) is 0.524. The second kappa shape index (κ2) is 7.82. The fourth-order valence-electron chi connectivity index (χ4n) is 4.33.